The standard InChI is InChI=1S/C13H19BrN2O3S/c1-2-19-13-6-5-11(8-12(13)14)20(17,18)16-7-3-4-10(15)9-16/h5-6,8,10H,2-4,7,9,15H2,1H3. The van der Waals surface area contributed by atoms with Gasteiger partial charge in [0.05, 0.1) is 16.0 Å². The first-order chi connectivity index (χ1) is 9.45. The van der Waals surface area contributed by atoms with E-state index in [0.29, 0.717) is 29.9 Å². The topological polar surface area (TPSA) is 72.6 Å². The van der Waals surface area contributed by atoms with Gasteiger partial charge in [-0.25, -0.2) is 8.42 Å². The molecule has 1 atom stereocenters. The summed E-state index contributed by atoms with van der Waals surface area (Å²) in [5.41, 5.74) is 5.86. The maximum absolute atomic E-state index is 12.6. The third-order valence-corrected chi connectivity index (χ3v) is 5.74. The maximum Gasteiger partial charge on any atom is 0.243 e. The summed E-state index contributed by atoms with van der Waals surface area (Å²) in [6.07, 6.45) is 1.68. The second-order valence-electron chi connectivity index (χ2n) is 4.79. The van der Waals surface area contributed by atoms with Crippen LogP contribution < -0.4 is 10.5 Å². The number of nitrogens with zero attached hydrogens (tertiary/aromatic N) is 1. The Bertz CT molecular complexity index is 577. The van der Waals surface area contributed by atoms with E-state index in [1.165, 1.54) is 4.31 Å². The van der Waals surface area contributed by atoms with Crippen LogP contribution in [0.25, 0.3) is 0 Å². The zero-order chi connectivity index (χ0) is 14.8. The number of nitrogens with two attached hydrogens (primary N) is 1. The molecule has 112 valence electrons. The zero-order valence-corrected chi connectivity index (χ0v) is 13.8. The highest BCUT2D eigenvalue weighted by molar-refractivity contribution is 9.10. The lowest BCUT2D eigenvalue weighted by molar-refractivity contribution is 0.316. The highest BCUT2D eigenvalue weighted by Crippen LogP contribution is 2.29. The molecule has 0 aliphatic carbocycles. The average Bonchev–Trinajstić information content (AvgIpc) is 2.41. The minimum absolute atomic E-state index is 0.0790. The lowest BCUT2D eigenvalue weighted by Gasteiger charge is -2.29. The van der Waals surface area contributed by atoms with Crippen molar-refractivity contribution in [2.45, 2.75) is 30.7 Å². The smallest absolute Gasteiger partial charge is 0.243 e. The summed E-state index contributed by atoms with van der Waals surface area (Å²) < 4.78 is 32.6. The summed E-state index contributed by atoms with van der Waals surface area (Å²) in [6, 6.07) is 4.75. The highest BCUT2D eigenvalue weighted by Gasteiger charge is 2.29. The molecule has 1 aromatic rings. The van der Waals surface area contributed by atoms with Crippen LogP contribution >= 0.6 is 15.9 Å². The third kappa shape index (κ3) is 3.33. The van der Waals surface area contributed by atoms with E-state index in [2.05, 4.69) is 15.9 Å². The first kappa shape index (κ1) is 15.8. The Morgan fingerprint density at radius 3 is 2.85 bits per heavy atom. The van der Waals surface area contributed by atoms with Gasteiger partial charge >= 0.3 is 0 Å². The van der Waals surface area contributed by atoms with Crippen molar-refractivity contribution in [3.63, 3.8) is 0 Å². The molecule has 1 unspecified atom stereocenters. The third-order valence-electron chi connectivity index (χ3n) is 3.26. The van der Waals surface area contributed by atoms with Gasteiger partial charge in [0, 0.05) is 19.1 Å². The SMILES string of the molecule is CCOc1ccc(S(=O)(=O)N2CCCC(N)C2)cc1Br. The molecule has 0 radical (unpaired) electrons. The van der Waals surface area contributed by atoms with Gasteiger partial charge in [0.1, 0.15) is 5.75 Å². The van der Waals surface area contributed by atoms with Crippen LogP contribution in [0.2, 0.25) is 0 Å². The molecule has 2 N–H and O–H groups in total. The van der Waals surface area contributed by atoms with Crippen molar-refractivity contribution in [2.75, 3.05) is 19.7 Å². The molecular formula is C13H19BrN2O3S. The van der Waals surface area contributed by atoms with Crippen LogP contribution in [-0.4, -0.2) is 38.5 Å². The fraction of sp³-hybridized carbons (Fsp3) is 0.538. The monoisotopic (exact) mass is 362 g/mol. The molecular weight excluding hydrogens is 344 g/mol. The molecule has 0 spiro atoms. The van der Waals surface area contributed by atoms with Crippen LogP contribution in [-0.2, 0) is 10.0 Å². The summed E-state index contributed by atoms with van der Waals surface area (Å²) in [7, 11) is -3.48. The van der Waals surface area contributed by atoms with Crippen LogP contribution in [0.3, 0.4) is 0 Å². The largest absolute Gasteiger partial charge is 0.493 e. The Balaban J connectivity index is 2.27. The molecule has 1 aliphatic rings. The van der Waals surface area contributed by atoms with E-state index in [-0.39, 0.29) is 10.9 Å². The molecule has 1 aromatic carbocycles. The molecule has 1 fully saturated rings. The van der Waals surface area contributed by atoms with Crippen LogP contribution in [0, 0.1) is 0 Å². The predicted molar refractivity (Wildman–Crippen MR) is 81.3 cm³/mol. The molecule has 0 saturated carbocycles. The van der Waals surface area contributed by atoms with E-state index in [1.54, 1.807) is 18.2 Å². The van der Waals surface area contributed by atoms with E-state index in [0.717, 1.165) is 12.8 Å². The fourth-order valence-corrected chi connectivity index (χ4v) is 4.46. The molecule has 7 heteroatoms. The Morgan fingerprint density at radius 2 is 2.25 bits per heavy atom. The fourth-order valence-electron chi connectivity index (χ4n) is 2.26. The first-order valence-corrected chi connectivity index (χ1v) is 8.86. The van der Waals surface area contributed by atoms with Gasteiger partial charge in [-0.05, 0) is 53.9 Å². The Morgan fingerprint density at radius 1 is 1.50 bits per heavy atom. The van der Waals surface area contributed by atoms with E-state index in [4.69, 9.17) is 10.5 Å². The minimum atomic E-state index is -3.48. The van der Waals surface area contributed by atoms with Crippen LogP contribution in [0.4, 0.5) is 0 Å². The van der Waals surface area contributed by atoms with Gasteiger partial charge in [0.15, 0.2) is 0 Å². The molecule has 20 heavy (non-hydrogen) atoms. The highest BCUT2D eigenvalue weighted by atomic mass is 79.9. The van der Waals surface area contributed by atoms with E-state index < -0.39 is 10.0 Å². The Kier molecular flexibility index (Phi) is 5.06. The molecule has 5 nitrogen and oxygen atoms in total. The second-order valence-corrected chi connectivity index (χ2v) is 7.58. The van der Waals surface area contributed by atoms with Crippen LogP contribution in [0.5, 0.6) is 5.75 Å². The zero-order valence-electron chi connectivity index (χ0n) is 11.4. The van der Waals surface area contributed by atoms with Gasteiger partial charge in [-0.3, -0.25) is 0 Å². The van der Waals surface area contributed by atoms with Crippen molar-refractivity contribution in [1.82, 2.24) is 4.31 Å². The van der Waals surface area contributed by atoms with Gasteiger partial charge in [0.2, 0.25) is 10.0 Å². The molecule has 0 aromatic heterocycles. The lowest BCUT2D eigenvalue weighted by atomic mass is 10.1. The minimum Gasteiger partial charge on any atom is -0.493 e. The van der Waals surface area contributed by atoms with Gasteiger partial charge in [-0.1, -0.05) is 0 Å². The van der Waals surface area contributed by atoms with Gasteiger partial charge in [-0.15, -0.1) is 0 Å². The Hall–Kier alpha value is -0.630. The lowest BCUT2D eigenvalue weighted by Crippen LogP contribution is -2.45. The van der Waals surface area contributed by atoms with Crippen LogP contribution in [0.1, 0.15) is 19.8 Å². The van der Waals surface area contributed by atoms with Crippen molar-refractivity contribution >= 4 is 26.0 Å². The van der Waals surface area contributed by atoms with Crippen molar-refractivity contribution < 1.29 is 13.2 Å². The summed E-state index contributed by atoms with van der Waals surface area (Å²) >= 11 is 3.34. The summed E-state index contributed by atoms with van der Waals surface area (Å²) in [4.78, 5) is 0.266. The number of sulfonamides is 1. The average molecular weight is 363 g/mol. The summed E-state index contributed by atoms with van der Waals surface area (Å²) in [5.74, 6) is 0.641. The van der Waals surface area contributed by atoms with Gasteiger partial charge < -0.3 is 10.5 Å². The number of piperidine rings is 1. The van der Waals surface area contributed by atoms with Crippen molar-refractivity contribution in [1.29, 1.82) is 0 Å². The van der Waals surface area contributed by atoms with Gasteiger partial charge in [0.25, 0.3) is 0 Å². The maximum atomic E-state index is 12.6. The number of ether oxygens (including phenoxy) is 1. The number of rotatable bonds is 4. The molecule has 0 bridgehead atoms. The van der Waals surface area contributed by atoms with E-state index in [9.17, 15) is 8.42 Å². The number of hydrogen-bond donors (Lipinski definition) is 1. The van der Waals surface area contributed by atoms with Crippen LogP contribution in [0.15, 0.2) is 27.6 Å². The number of halogens is 1. The Labute approximate surface area is 128 Å². The van der Waals surface area contributed by atoms with Crippen molar-refractivity contribution in [3.8, 4) is 5.75 Å². The number of benzene rings is 1. The molecule has 1 aliphatic heterocycles. The van der Waals surface area contributed by atoms with Gasteiger partial charge in [-0.2, -0.15) is 4.31 Å². The molecule has 2 rings (SSSR count). The van der Waals surface area contributed by atoms with E-state index >= 15 is 0 Å². The molecule has 1 heterocycles. The van der Waals surface area contributed by atoms with Crippen molar-refractivity contribution in [3.05, 3.63) is 22.7 Å². The van der Waals surface area contributed by atoms with E-state index in [1.807, 2.05) is 6.92 Å². The molecule has 0 amide bonds. The first-order valence-electron chi connectivity index (χ1n) is 6.63. The normalized spacial score (nSPS) is 20.9. The number of hydrogen-bond acceptors (Lipinski definition) is 4. The summed E-state index contributed by atoms with van der Waals surface area (Å²) in [6.45, 7) is 3.33. The summed E-state index contributed by atoms with van der Waals surface area (Å²) in [5, 5.41) is 0. The van der Waals surface area contributed by atoms with Crippen molar-refractivity contribution in [2.24, 2.45) is 5.73 Å². The second kappa shape index (κ2) is 6.43. The molecule has 1 saturated heterocycles. The quantitative estimate of drug-likeness (QED) is 0.888. The predicted octanol–water partition coefficient (Wildman–Crippen LogP) is 1.96.